The second kappa shape index (κ2) is 10.4. The van der Waals surface area contributed by atoms with Crippen molar-refractivity contribution in [1.82, 2.24) is 14.9 Å². The van der Waals surface area contributed by atoms with Crippen LogP contribution in [-0.2, 0) is 5.41 Å². The zero-order valence-electron chi connectivity index (χ0n) is 19.6. The molecular weight excluding hydrogens is 428 g/mol. The molecule has 1 aromatic carbocycles. The Hall–Kier alpha value is -2.83. The second-order valence-corrected chi connectivity index (χ2v) is 10.5. The van der Waals surface area contributed by atoms with E-state index in [0.717, 1.165) is 48.7 Å². The minimum atomic E-state index is -0.132. The van der Waals surface area contributed by atoms with Gasteiger partial charge in [0.25, 0.3) is 5.91 Å². The molecule has 1 fully saturated rings. The third-order valence-corrected chi connectivity index (χ3v) is 7.06. The molecule has 5 nitrogen and oxygen atoms in total. The van der Waals surface area contributed by atoms with Gasteiger partial charge in [-0.2, -0.15) is 0 Å². The number of benzene rings is 1. The van der Waals surface area contributed by atoms with Crippen LogP contribution in [-0.4, -0.2) is 40.4 Å². The van der Waals surface area contributed by atoms with Gasteiger partial charge in [0.2, 0.25) is 0 Å². The number of anilines is 1. The Kier molecular flexibility index (Phi) is 7.36. The fourth-order valence-corrected chi connectivity index (χ4v) is 5.16. The van der Waals surface area contributed by atoms with E-state index in [1.165, 1.54) is 5.56 Å². The van der Waals surface area contributed by atoms with Crippen molar-refractivity contribution in [2.24, 2.45) is 0 Å². The highest BCUT2D eigenvalue weighted by Crippen LogP contribution is 2.32. The average molecular weight is 461 g/mol. The molecule has 1 aliphatic rings. The monoisotopic (exact) mass is 460 g/mol. The van der Waals surface area contributed by atoms with Crippen LogP contribution >= 0.6 is 11.3 Å². The summed E-state index contributed by atoms with van der Waals surface area (Å²) in [6, 6.07) is 12.0. The minimum Gasteiger partial charge on any atom is -0.320 e. The molecule has 33 heavy (non-hydrogen) atoms. The summed E-state index contributed by atoms with van der Waals surface area (Å²) in [5, 5.41) is 6.06. The molecule has 1 aliphatic heterocycles. The lowest BCUT2D eigenvalue weighted by Crippen LogP contribution is -2.33. The number of pyridine rings is 1. The first-order valence-corrected chi connectivity index (χ1v) is 12.4. The summed E-state index contributed by atoms with van der Waals surface area (Å²) in [4.78, 5) is 24.1. The Labute approximate surface area is 200 Å². The maximum Gasteiger partial charge on any atom is 0.275 e. The summed E-state index contributed by atoms with van der Waals surface area (Å²) in [6.07, 6.45) is 10.2. The van der Waals surface area contributed by atoms with Crippen molar-refractivity contribution in [1.29, 1.82) is 0 Å². The van der Waals surface area contributed by atoms with Crippen LogP contribution in [0.4, 0.5) is 5.69 Å². The molecule has 0 radical (unpaired) electrons. The number of rotatable bonds is 6. The highest BCUT2D eigenvalue weighted by Gasteiger charge is 2.24. The summed E-state index contributed by atoms with van der Waals surface area (Å²) in [5.74, 6) is 0.298. The van der Waals surface area contributed by atoms with Crippen molar-refractivity contribution < 1.29 is 4.79 Å². The van der Waals surface area contributed by atoms with Gasteiger partial charge in [0.1, 0.15) is 5.69 Å². The molecule has 1 amide bonds. The van der Waals surface area contributed by atoms with Gasteiger partial charge in [-0.3, -0.25) is 14.7 Å². The number of hydrogen-bond donors (Lipinski definition) is 1. The Morgan fingerprint density at radius 1 is 1.15 bits per heavy atom. The topological polar surface area (TPSA) is 58.1 Å². The average Bonchev–Trinajstić information content (AvgIpc) is 3.30. The minimum absolute atomic E-state index is 0.0431. The highest BCUT2D eigenvalue weighted by atomic mass is 32.1. The van der Waals surface area contributed by atoms with Crippen molar-refractivity contribution in [3.63, 3.8) is 0 Å². The van der Waals surface area contributed by atoms with Crippen LogP contribution < -0.4 is 5.32 Å². The first kappa shape index (κ1) is 23.3. The summed E-state index contributed by atoms with van der Waals surface area (Å²) >= 11 is 1.61. The fraction of sp³-hybridized carbons (Fsp3) is 0.370. The van der Waals surface area contributed by atoms with E-state index in [-0.39, 0.29) is 11.3 Å². The number of nitrogens with zero attached hydrogens (tertiary/aromatic N) is 3. The van der Waals surface area contributed by atoms with E-state index in [0.29, 0.717) is 11.6 Å². The molecule has 6 heteroatoms. The number of hydrogen-bond acceptors (Lipinski definition) is 5. The van der Waals surface area contributed by atoms with Crippen LogP contribution in [0, 0.1) is 0 Å². The zero-order valence-corrected chi connectivity index (χ0v) is 20.4. The molecule has 0 bridgehead atoms. The van der Waals surface area contributed by atoms with Crippen LogP contribution in [0.1, 0.15) is 66.2 Å². The van der Waals surface area contributed by atoms with E-state index in [1.807, 2.05) is 48.1 Å². The lowest BCUT2D eigenvalue weighted by molar-refractivity contribution is 0.102. The van der Waals surface area contributed by atoms with Gasteiger partial charge in [-0.15, -0.1) is 11.3 Å². The molecule has 0 unspecified atom stereocenters. The quantitative estimate of drug-likeness (QED) is 0.492. The highest BCUT2D eigenvalue weighted by molar-refractivity contribution is 7.10. The van der Waals surface area contributed by atoms with Gasteiger partial charge in [-0.25, -0.2) is 4.98 Å². The number of carbonyl (C=O) groups is 1. The van der Waals surface area contributed by atoms with E-state index in [1.54, 1.807) is 11.3 Å². The summed E-state index contributed by atoms with van der Waals surface area (Å²) < 4.78 is 0. The van der Waals surface area contributed by atoms with Gasteiger partial charge in [0.15, 0.2) is 0 Å². The van der Waals surface area contributed by atoms with Crippen LogP contribution in [0.5, 0.6) is 0 Å². The van der Waals surface area contributed by atoms with Crippen molar-refractivity contribution in [2.45, 2.75) is 44.9 Å². The maximum absolute atomic E-state index is 12.9. The van der Waals surface area contributed by atoms with E-state index < -0.39 is 0 Å². The Morgan fingerprint density at radius 3 is 2.61 bits per heavy atom. The molecule has 1 N–H and O–H groups in total. The largest absolute Gasteiger partial charge is 0.320 e. The lowest BCUT2D eigenvalue weighted by Gasteiger charge is -2.30. The van der Waals surface area contributed by atoms with Gasteiger partial charge >= 0.3 is 0 Å². The molecule has 3 aromatic rings. The Morgan fingerprint density at radius 2 is 1.88 bits per heavy atom. The van der Waals surface area contributed by atoms with Gasteiger partial charge < -0.3 is 5.32 Å². The molecule has 0 atom stereocenters. The number of thiazole rings is 1. The lowest BCUT2D eigenvalue weighted by atomic mass is 9.86. The molecule has 3 heterocycles. The van der Waals surface area contributed by atoms with E-state index in [9.17, 15) is 4.79 Å². The van der Waals surface area contributed by atoms with Crippen molar-refractivity contribution in [3.8, 4) is 0 Å². The van der Waals surface area contributed by atoms with Crippen molar-refractivity contribution in [3.05, 3.63) is 82.1 Å². The van der Waals surface area contributed by atoms with E-state index in [4.69, 9.17) is 4.98 Å². The van der Waals surface area contributed by atoms with Gasteiger partial charge in [0.05, 0.1) is 5.01 Å². The summed E-state index contributed by atoms with van der Waals surface area (Å²) in [7, 11) is 0. The molecule has 0 aliphatic carbocycles. The van der Waals surface area contributed by atoms with Gasteiger partial charge in [-0.05, 0) is 60.7 Å². The third-order valence-electron chi connectivity index (χ3n) is 6.05. The van der Waals surface area contributed by atoms with Gasteiger partial charge in [-0.1, -0.05) is 51.1 Å². The second-order valence-electron chi connectivity index (χ2n) is 9.58. The zero-order chi connectivity index (χ0) is 23.3. The Bertz CT molecular complexity index is 1090. The van der Waals surface area contributed by atoms with Gasteiger partial charge in [0, 0.05) is 35.9 Å². The first-order valence-electron chi connectivity index (χ1n) is 11.6. The van der Waals surface area contributed by atoms with Crippen LogP contribution in [0.3, 0.4) is 0 Å². The standard InChI is InChI=1S/C27H32N4OS/c1-27(2,3)22-8-4-5-9-23(22)29-25(32)24-19-33-26(30-24)21-12-17-31(18-13-21)16-6-7-20-10-14-28-15-11-20/h4-11,14-15,19,21H,12-13,16-18H2,1-3H3,(H,29,32). The maximum atomic E-state index is 12.9. The molecule has 0 saturated carbocycles. The summed E-state index contributed by atoms with van der Waals surface area (Å²) in [6.45, 7) is 9.51. The molecule has 1 saturated heterocycles. The van der Waals surface area contributed by atoms with Crippen molar-refractivity contribution >= 4 is 29.0 Å². The van der Waals surface area contributed by atoms with Crippen LogP contribution in [0.15, 0.2) is 60.2 Å². The third kappa shape index (κ3) is 6.15. The number of carbonyl (C=O) groups excluding carboxylic acids is 1. The normalized spacial score (nSPS) is 15.7. The van der Waals surface area contributed by atoms with E-state index >= 15 is 0 Å². The predicted octanol–water partition coefficient (Wildman–Crippen LogP) is 5.98. The van der Waals surface area contributed by atoms with E-state index in [2.05, 4.69) is 54.2 Å². The number of para-hydroxylation sites is 1. The molecule has 2 aromatic heterocycles. The number of aromatic nitrogens is 2. The first-order chi connectivity index (χ1) is 15.9. The Balaban J connectivity index is 1.31. The van der Waals surface area contributed by atoms with Crippen molar-refractivity contribution in [2.75, 3.05) is 25.0 Å². The molecule has 0 spiro atoms. The smallest absolute Gasteiger partial charge is 0.275 e. The number of piperidine rings is 1. The molecule has 172 valence electrons. The SMILES string of the molecule is CC(C)(C)c1ccccc1NC(=O)c1csc(C2CCN(CC=Cc3ccncc3)CC2)n1. The summed E-state index contributed by atoms with van der Waals surface area (Å²) in [5.41, 5.74) is 3.63. The number of nitrogens with one attached hydrogen (secondary N) is 1. The van der Waals surface area contributed by atoms with Crippen LogP contribution in [0.25, 0.3) is 6.08 Å². The number of likely N-dealkylation sites (tertiary alicyclic amines) is 1. The fourth-order valence-electron chi connectivity index (χ4n) is 4.19. The molecule has 4 rings (SSSR count). The molecular formula is C27H32N4OS. The van der Waals surface area contributed by atoms with Crippen LogP contribution in [0.2, 0.25) is 0 Å². The predicted molar refractivity (Wildman–Crippen MR) is 137 cm³/mol. The number of amides is 1.